The largest absolute Gasteiger partial charge is 0.466 e. The first-order chi connectivity index (χ1) is 9.69. The lowest BCUT2D eigenvalue weighted by molar-refractivity contribution is -0.143. The number of hydrogen-bond donors (Lipinski definition) is 1. The summed E-state index contributed by atoms with van der Waals surface area (Å²) in [5.41, 5.74) is 0.935. The summed E-state index contributed by atoms with van der Waals surface area (Å²) in [4.78, 5) is 15.8. The van der Waals surface area contributed by atoms with Crippen LogP contribution in [0.4, 0.5) is 5.13 Å². The van der Waals surface area contributed by atoms with Crippen LogP contribution in [0.2, 0.25) is 0 Å². The van der Waals surface area contributed by atoms with Crippen molar-refractivity contribution in [2.45, 2.75) is 51.7 Å². The summed E-state index contributed by atoms with van der Waals surface area (Å²) in [6.45, 7) is 5.23. The van der Waals surface area contributed by atoms with Crippen molar-refractivity contribution in [3.8, 4) is 0 Å². The fraction of sp³-hybridized carbons (Fsp3) is 0.714. The highest BCUT2D eigenvalue weighted by molar-refractivity contribution is 7.13. The molecule has 20 heavy (non-hydrogen) atoms. The number of aromatic nitrogens is 1. The van der Waals surface area contributed by atoms with Gasteiger partial charge in [-0.15, -0.1) is 11.3 Å². The highest BCUT2D eigenvalue weighted by atomic mass is 32.1. The Morgan fingerprint density at radius 1 is 1.70 bits per heavy atom. The summed E-state index contributed by atoms with van der Waals surface area (Å²) >= 11 is 1.57. The first-order valence-corrected chi connectivity index (χ1v) is 8.05. The number of thiazole rings is 1. The first-order valence-electron chi connectivity index (χ1n) is 7.17. The van der Waals surface area contributed by atoms with Crippen molar-refractivity contribution in [1.82, 2.24) is 4.98 Å². The van der Waals surface area contributed by atoms with Crippen LogP contribution in [0.3, 0.4) is 0 Å². The van der Waals surface area contributed by atoms with E-state index >= 15 is 0 Å². The molecule has 6 heteroatoms. The van der Waals surface area contributed by atoms with Crippen molar-refractivity contribution in [3.63, 3.8) is 0 Å². The Labute approximate surface area is 123 Å². The van der Waals surface area contributed by atoms with Gasteiger partial charge in [0.1, 0.15) is 0 Å². The van der Waals surface area contributed by atoms with Gasteiger partial charge in [0.25, 0.3) is 0 Å². The Morgan fingerprint density at radius 2 is 2.55 bits per heavy atom. The molecule has 1 N–H and O–H groups in total. The van der Waals surface area contributed by atoms with E-state index in [0.29, 0.717) is 19.4 Å². The van der Waals surface area contributed by atoms with Crippen molar-refractivity contribution in [3.05, 3.63) is 11.1 Å². The predicted octanol–water partition coefficient (Wildman–Crippen LogP) is 2.62. The van der Waals surface area contributed by atoms with Crippen molar-refractivity contribution in [2.24, 2.45) is 0 Å². The SMILES string of the molecule is CCOC(=O)CCc1csc(NC(C)C2CCCO2)n1. The minimum atomic E-state index is -0.164. The van der Waals surface area contributed by atoms with Crippen LogP contribution >= 0.6 is 11.3 Å². The van der Waals surface area contributed by atoms with Crippen molar-refractivity contribution in [1.29, 1.82) is 0 Å². The average molecular weight is 298 g/mol. The van der Waals surface area contributed by atoms with Gasteiger partial charge in [-0.3, -0.25) is 4.79 Å². The van der Waals surface area contributed by atoms with Gasteiger partial charge in [0.15, 0.2) is 5.13 Å². The van der Waals surface area contributed by atoms with Crippen LogP contribution in [0.5, 0.6) is 0 Å². The van der Waals surface area contributed by atoms with Crippen LogP contribution < -0.4 is 5.32 Å². The zero-order valence-electron chi connectivity index (χ0n) is 12.1. The first kappa shape index (κ1) is 15.3. The molecule has 1 aliphatic rings. The number of nitrogens with one attached hydrogen (secondary N) is 1. The molecule has 1 aliphatic heterocycles. The number of anilines is 1. The van der Waals surface area contributed by atoms with E-state index in [9.17, 15) is 4.79 Å². The average Bonchev–Trinajstić information content (AvgIpc) is 3.08. The summed E-state index contributed by atoms with van der Waals surface area (Å²) < 4.78 is 10.6. The summed E-state index contributed by atoms with van der Waals surface area (Å²) in [7, 11) is 0. The molecule has 1 saturated heterocycles. The van der Waals surface area contributed by atoms with Crippen LogP contribution in [0.15, 0.2) is 5.38 Å². The van der Waals surface area contributed by atoms with Crippen LogP contribution in [0, 0.1) is 0 Å². The highest BCUT2D eigenvalue weighted by Gasteiger charge is 2.22. The number of carbonyl (C=O) groups is 1. The van der Waals surface area contributed by atoms with Gasteiger partial charge in [-0.2, -0.15) is 0 Å². The highest BCUT2D eigenvalue weighted by Crippen LogP contribution is 2.22. The van der Waals surface area contributed by atoms with Crippen molar-refractivity contribution in [2.75, 3.05) is 18.5 Å². The molecule has 112 valence electrons. The number of ether oxygens (including phenoxy) is 2. The van der Waals surface area contributed by atoms with Crippen LogP contribution in [-0.2, 0) is 20.7 Å². The molecule has 2 rings (SSSR count). The molecule has 0 aromatic carbocycles. The Bertz CT molecular complexity index is 430. The second-order valence-corrected chi connectivity index (χ2v) is 5.79. The molecule has 5 nitrogen and oxygen atoms in total. The van der Waals surface area contributed by atoms with E-state index < -0.39 is 0 Å². The molecule has 0 amide bonds. The van der Waals surface area contributed by atoms with Crippen LogP contribution in [0.25, 0.3) is 0 Å². The van der Waals surface area contributed by atoms with Gasteiger partial charge in [0.2, 0.25) is 0 Å². The Balaban J connectivity index is 1.78. The van der Waals surface area contributed by atoms with E-state index in [1.54, 1.807) is 11.3 Å². The number of nitrogens with zero attached hydrogens (tertiary/aromatic N) is 1. The molecule has 2 heterocycles. The Morgan fingerprint density at radius 3 is 3.25 bits per heavy atom. The van der Waals surface area contributed by atoms with Gasteiger partial charge < -0.3 is 14.8 Å². The van der Waals surface area contributed by atoms with Gasteiger partial charge in [0.05, 0.1) is 30.9 Å². The van der Waals surface area contributed by atoms with Crippen molar-refractivity contribution >= 4 is 22.4 Å². The molecule has 2 unspecified atom stereocenters. The third kappa shape index (κ3) is 4.45. The van der Waals surface area contributed by atoms with Gasteiger partial charge in [-0.05, 0) is 26.7 Å². The zero-order chi connectivity index (χ0) is 14.4. The molecule has 0 bridgehead atoms. The quantitative estimate of drug-likeness (QED) is 0.784. The second-order valence-electron chi connectivity index (χ2n) is 4.93. The summed E-state index contributed by atoms with van der Waals surface area (Å²) in [6, 6.07) is 0.265. The third-order valence-corrected chi connectivity index (χ3v) is 4.14. The molecule has 0 radical (unpaired) electrons. The standard InChI is InChI=1S/C14H22N2O3S/c1-3-18-13(17)7-6-11-9-20-14(16-11)15-10(2)12-5-4-8-19-12/h9-10,12H,3-8H2,1-2H3,(H,15,16). The van der Waals surface area contributed by atoms with E-state index in [1.165, 1.54) is 0 Å². The molecule has 0 aliphatic carbocycles. The molecule has 0 saturated carbocycles. The van der Waals surface area contributed by atoms with E-state index in [4.69, 9.17) is 9.47 Å². The molecule has 0 spiro atoms. The third-order valence-electron chi connectivity index (χ3n) is 3.32. The monoisotopic (exact) mass is 298 g/mol. The van der Waals surface area contributed by atoms with E-state index in [-0.39, 0.29) is 18.1 Å². The maximum atomic E-state index is 11.3. The number of hydrogen-bond acceptors (Lipinski definition) is 6. The minimum Gasteiger partial charge on any atom is -0.466 e. The summed E-state index contributed by atoms with van der Waals surface area (Å²) in [6.07, 6.45) is 3.54. The van der Waals surface area contributed by atoms with Gasteiger partial charge >= 0.3 is 5.97 Å². The van der Waals surface area contributed by atoms with E-state index in [1.807, 2.05) is 12.3 Å². The predicted molar refractivity (Wildman–Crippen MR) is 79.1 cm³/mol. The maximum Gasteiger partial charge on any atom is 0.306 e. The number of esters is 1. The van der Waals surface area contributed by atoms with E-state index in [0.717, 1.165) is 30.3 Å². The Hall–Kier alpha value is -1.14. The number of rotatable bonds is 7. The van der Waals surface area contributed by atoms with E-state index in [2.05, 4.69) is 17.2 Å². The fourth-order valence-electron chi connectivity index (χ4n) is 2.24. The molecule has 1 aromatic heterocycles. The minimum absolute atomic E-state index is 0.164. The maximum absolute atomic E-state index is 11.3. The van der Waals surface area contributed by atoms with Gasteiger partial charge in [-0.25, -0.2) is 4.98 Å². The molecular formula is C14H22N2O3S. The number of carbonyl (C=O) groups excluding carboxylic acids is 1. The van der Waals surface area contributed by atoms with Crippen molar-refractivity contribution < 1.29 is 14.3 Å². The topological polar surface area (TPSA) is 60.5 Å². The van der Waals surface area contributed by atoms with Crippen LogP contribution in [0.1, 0.15) is 38.8 Å². The molecule has 1 aromatic rings. The normalized spacial score (nSPS) is 19.8. The molecular weight excluding hydrogens is 276 g/mol. The fourth-order valence-corrected chi connectivity index (χ4v) is 3.08. The lowest BCUT2D eigenvalue weighted by Crippen LogP contribution is -2.29. The number of aryl methyl sites for hydroxylation is 1. The zero-order valence-corrected chi connectivity index (χ0v) is 12.9. The Kier molecular flexibility index (Phi) is 5.79. The van der Waals surface area contributed by atoms with Gasteiger partial charge in [0, 0.05) is 18.4 Å². The molecule has 2 atom stereocenters. The van der Waals surface area contributed by atoms with Gasteiger partial charge in [-0.1, -0.05) is 0 Å². The molecule has 1 fully saturated rings. The smallest absolute Gasteiger partial charge is 0.306 e. The lowest BCUT2D eigenvalue weighted by Gasteiger charge is -2.19. The van der Waals surface area contributed by atoms with Crippen LogP contribution in [-0.4, -0.2) is 36.3 Å². The lowest BCUT2D eigenvalue weighted by atomic mass is 10.1. The summed E-state index contributed by atoms with van der Waals surface area (Å²) in [5.74, 6) is -0.164. The summed E-state index contributed by atoms with van der Waals surface area (Å²) in [5, 5.41) is 6.27. The second kappa shape index (κ2) is 7.59.